The van der Waals surface area contributed by atoms with Crippen LogP contribution in [0.5, 0.6) is 0 Å². The van der Waals surface area contributed by atoms with Crippen molar-refractivity contribution in [3.05, 3.63) is 35.9 Å². The predicted octanol–water partition coefficient (Wildman–Crippen LogP) is 1.74. The number of anilines is 1. The highest BCUT2D eigenvalue weighted by Crippen LogP contribution is 2.43. The van der Waals surface area contributed by atoms with Crippen LogP contribution in [0.1, 0.15) is 43.7 Å². The molecular formula is C25H33N7O4S. The van der Waals surface area contributed by atoms with Crippen molar-refractivity contribution in [3.63, 3.8) is 0 Å². The van der Waals surface area contributed by atoms with E-state index >= 15 is 0 Å². The Hall–Kier alpha value is -2.80. The van der Waals surface area contributed by atoms with Gasteiger partial charge in [-0.3, -0.25) is 4.79 Å². The van der Waals surface area contributed by atoms with Gasteiger partial charge in [0, 0.05) is 31.4 Å². The number of carbonyl (C=O) groups is 1. The smallest absolute Gasteiger partial charge is 0.225 e. The van der Waals surface area contributed by atoms with E-state index < -0.39 is 24.2 Å². The Balaban J connectivity index is 1.40. The van der Waals surface area contributed by atoms with Crippen LogP contribution in [0.3, 0.4) is 0 Å². The van der Waals surface area contributed by atoms with Crippen LogP contribution in [0.2, 0.25) is 0 Å². The molecule has 2 saturated carbocycles. The molecule has 0 spiro atoms. The van der Waals surface area contributed by atoms with Gasteiger partial charge in [-0.15, -0.1) is 5.10 Å². The van der Waals surface area contributed by atoms with E-state index in [2.05, 4.69) is 40.0 Å². The largest absolute Gasteiger partial charge is 0.390 e. The van der Waals surface area contributed by atoms with Gasteiger partial charge in [0.2, 0.25) is 5.91 Å². The molecule has 0 saturated heterocycles. The minimum Gasteiger partial charge on any atom is -0.390 e. The zero-order valence-electron chi connectivity index (χ0n) is 20.9. The molecule has 6 unspecified atom stereocenters. The van der Waals surface area contributed by atoms with Crippen LogP contribution in [0.25, 0.3) is 11.2 Å². The van der Waals surface area contributed by atoms with Gasteiger partial charge >= 0.3 is 0 Å². The number of benzene rings is 1. The third-order valence-corrected chi connectivity index (χ3v) is 8.04. The molecule has 37 heavy (non-hydrogen) atoms. The standard InChI is InChI=1S/C25H33N7O4S/c1-3-11-37-25-28-22(27-17-12-15(17)14-7-5-4-6-8-14)19-23(29-25)32(31-30-19)18-13-16(20(33)21(18)34)24(35)26-9-10-36-2/h4-8,15-18,20-21,33-34H,3,9-13H2,1-2H3,(H,26,35)(H,27,28,29). The van der Waals surface area contributed by atoms with Crippen LogP contribution in [0.4, 0.5) is 5.82 Å². The predicted molar refractivity (Wildman–Crippen MR) is 139 cm³/mol. The van der Waals surface area contributed by atoms with Crippen LogP contribution < -0.4 is 10.6 Å². The highest BCUT2D eigenvalue weighted by molar-refractivity contribution is 7.99. The van der Waals surface area contributed by atoms with E-state index in [4.69, 9.17) is 14.7 Å². The summed E-state index contributed by atoms with van der Waals surface area (Å²) in [6.45, 7) is 2.79. The lowest BCUT2D eigenvalue weighted by Gasteiger charge is -2.17. The number of hydrogen-bond donors (Lipinski definition) is 4. The molecular weight excluding hydrogens is 494 g/mol. The molecule has 2 aliphatic carbocycles. The first-order valence-electron chi connectivity index (χ1n) is 12.7. The second kappa shape index (κ2) is 11.3. The number of rotatable bonds is 11. The van der Waals surface area contributed by atoms with Crippen molar-refractivity contribution in [2.45, 2.75) is 61.6 Å². The molecule has 2 heterocycles. The molecule has 0 bridgehead atoms. The van der Waals surface area contributed by atoms with Crippen LogP contribution in [-0.2, 0) is 9.53 Å². The van der Waals surface area contributed by atoms with Crippen molar-refractivity contribution in [1.82, 2.24) is 30.3 Å². The minimum absolute atomic E-state index is 0.211. The Bertz CT molecular complexity index is 1230. The number of thioether (sulfide) groups is 1. The van der Waals surface area contributed by atoms with Gasteiger partial charge in [0.1, 0.15) is 6.10 Å². The fourth-order valence-corrected chi connectivity index (χ4v) is 5.60. The minimum atomic E-state index is -1.22. The summed E-state index contributed by atoms with van der Waals surface area (Å²) in [4.78, 5) is 22.1. The van der Waals surface area contributed by atoms with Crippen LogP contribution in [0, 0.1) is 5.92 Å². The van der Waals surface area contributed by atoms with Crippen LogP contribution in [0.15, 0.2) is 35.5 Å². The number of amides is 1. The molecule has 3 aromatic rings. The summed E-state index contributed by atoms with van der Waals surface area (Å²) in [6, 6.07) is 9.96. The van der Waals surface area contributed by atoms with Crippen molar-refractivity contribution >= 4 is 34.7 Å². The molecule has 0 aliphatic heterocycles. The summed E-state index contributed by atoms with van der Waals surface area (Å²) >= 11 is 1.55. The maximum absolute atomic E-state index is 12.6. The topological polar surface area (TPSA) is 147 Å². The molecule has 2 aliphatic rings. The summed E-state index contributed by atoms with van der Waals surface area (Å²) in [7, 11) is 1.55. The molecule has 12 heteroatoms. The third-order valence-electron chi connectivity index (χ3n) is 6.99. The first-order valence-corrected chi connectivity index (χ1v) is 13.7. The van der Waals surface area contributed by atoms with E-state index in [1.165, 1.54) is 10.2 Å². The second-order valence-corrected chi connectivity index (χ2v) is 10.6. The second-order valence-electron chi connectivity index (χ2n) is 9.59. The number of aliphatic hydroxyl groups excluding tert-OH is 2. The molecule has 2 fully saturated rings. The molecule has 6 atom stereocenters. The van der Waals surface area contributed by atoms with Gasteiger partial charge in [-0.1, -0.05) is 54.2 Å². The average Bonchev–Trinajstić information content (AvgIpc) is 3.45. The van der Waals surface area contributed by atoms with E-state index in [9.17, 15) is 15.0 Å². The van der Waals surface area contributed by atoms with Crippen molar-refractivity contribution in [2.24, 2.45) is 5.92 Å². The molecule has 5 rings (SSSR count). The Morgan fingerprint density at radius 1 is 1.19 bits per heavy atom. The molecule has 1 aromatic carbocycles. The number of methoxy groups -OCH3 is 1. The van der Waals surface area contributed by atoms with Gasteiger partial charge in [0.05, 0.1) is 24.7 Å². The first-order chi connectivity index (χ1) is 18.0. The lowest BCUT2D eigenvalue weighted by molar-refractivity contribution is -0.129. The maximum atomic E-state index is 12.6. The van der Waals surface area contributed by atoms with Gasteiger partial charge in [0.25, 0.3) is 0 Å². The number of carbonyl (C=O) groups excluding carboxylic acids is 1. The third kappa shape index (κ3) is 5.42. The zero-order chi connectivity index (χ0) is 25.9. The number of fused-ring (bicyclic) bond motifs is 1. The van der Waals surface area contributed by atoms with Gasteiger partial charge in [-0.25, -0.2) is 14.6 Å². The van der Waals surface area contributed by atoms with Crippen molar-refractivity contribution in [2.75, 3.05) is 31.3 Å². The highest BCUT2D eigenvalue weighted by atomic mass is 32.2. The van der Waals surface area contributed by atoms with Gasteiger partial charge in [-0.2, -0.15) is 0 Å². The molecule has 0 radical (unpaired) electrons. The van der Waals surface area contributed by atoms with E-state index in [1.54, 1.807) is 18.9 Å². The summed E-state index contributed by atoms with van der Waals surface area (Å²) < 4.78 is 6.51. The van der Waals surface area contributed by atoms with Gasteiger partial charge < -0.3 is 25.6 Å². The van der Waals surface area contributed by atoms with E-state index in [0.29, 0.717) is 41.2 Å². The summed E-state index contributed by atoms with van der Waals surface area (Å²) in [6.07, 6.45) is -0.236. The normalized spacial score (nSPS) is 26.9. The van der Waals surface area contributed by atoms with Crippen molar-refractivity contribution in [1.29, 1.82) is 0 Å². The number of nitrogens with zero attached hydrogens (tertiary/aromatic N) is 5. The Kier molecular flexibility index (Phi) is 7.89. The number of aliphatic hydroxyl groups is 2. The Labute approximate surface area is 219 Å². The first kappa shape index (κ1) is 25.8. The molecule has 1 amide bonds. The quantitative estimate of drug-likeness (QED) is 0.165. The van der Waals surface area contributed by atoms with Gasteiger partial charge in [-0.05, 0) is 24.8 Å². The van der Waals surface area contributed by atoms with E-state index in [1.807, 2.05) is 18.2 Å². The lowest BCUT2D eigenvalue weighted by atomic mass is 10.0. The number of ether oxygens (including phenoxy) is 1. The van der Waals surface area contributed by atoms with Crippen LogP contribution in [-0.4, -0.2) is 85.3 Å². The summed E-state index contributed by atoms with van der Waals surface area (Å²) in [5.74, 6) is 0.768. The van der Waals surface area contributed by atoms with E-state index in [-0.39, 0.29) is 18.4 Å². The molecule has 4 N–H and O–H groups in total. The fourth-order valence-electron chi connectivity index (χ4n) is 4.91. The van der Waals surface area contributed by atoms with E-state index in [0.717, 1.165) is 18.6 Å². The average molecular weight is 528 g/mol. The Morgan fingerprint density at radius 3 is 2.76 bits per heavy atom. The summed E-state index contributed by atoms with van der Waals surface area (Å²) in [5, 5.41) is 37.1. The molecule has 11 nitrogen and oxygen atoms in total. The van der Waals surface area contributed by atoms with Crippen LogP contribution >= 0.6 is 11.8 Å². The zero-order valence-corrected chi connectivity index (χ0v) is 21.8. The van der Waals surface area contributed by atoms with Gasteiger partial charge in [0.15, 0.2) is 22.1 Å². The summed E-state index contributed by atoms with van der Waals surface area (Å²) in [5.41, 5.74) is 2.27. The number of hydrogen-bond acceptors (Lipinski definition) is 10. The lowest BCUT2D eigenvalue weighted by Crippen LogP contribution is -2.39. The molecule has 198 valence electrons. The van der Waals surface area contributed by atoms with Crippen molar-refractivity contribution < 1.29 is 19.7 Å². The SMILES string of the molecule is CCCSc1nc(NC2CC2c2ccccc2)c2nnn(C3CC(C(=O)NCCOC)C(O)C3O)c2n1. The highest BCUT2D eigenvalue weighted by Gasteiger charge is 2.47. The molecule has 2 aromatic heterocycles. The fraction of sp³-hybridized carbons (Fsp3) is 0.560. The number of aromatic nitrogens is 5. The Morgan fingerprint density at radius 2 is 2.00 bits per heavy atom. The maximum Gasteiger partial charge on any atom is 0.225 e. The number of nitrogens with one attached hydrogen (secondary N) is 2. The monoisotopic (exact) mass is 527 g/mol. The van der Waals surface area contributed by atoms with Crippen molar-refractivity contribution in [3.8, 4) is 0 Å².